The van der Waals surface area contributed by atoms with Crippen LogP contribution < -0.4 is 5.32 Å². The lowest BCUT2D eigenvalue weighted by atomic mass is 10.2. The monoisotopic (exact) mass is 309 g/mol. The standard InChI is InChI=1S/C11H14F3N3O4/c1-10(2,3)21-9(20)16-7-6(8(18)19)15-5-17(7)4-11(12,13)14/h5H,4H2,1-3H3,(H,16,20)(H,18,19). The average molecular weight is 309 g/mol. The Kier molecular flexibility index (Phi) is 4.49. The van der Waals surface area contributed by atoms with E-state index in [-0.39, 0.29) is 0 Å². The van der Waals surface area contributed by atoms with Crippen molar-refractivity contribution in [1.29, 1.82) is 0 Å². The van der Waals surface area contributed by atoms with Gasteiger partial charge in [-0.3, -0.25) is 5.32 Å². The van der Waals surface area contributed by atoms with Gasteiger partial charge in [0.1, 0.15) is 12.1 Å². The molecule has 0 unspecified atom stereocenters. The van der Waals surface area contributed by atoms with E-state index in [0.29, 0.717) is 10.9 Å². The van der Waals surface area contributed by atoms with Crippen LogP contribution in [0.3, 0.4) is 0 Å². The maximum Gasteiger partial charge on any atom is 0.413 e. The number of carboxylic acids is 1. The number of carbonyl (C=O) groups excluding carboxylic acids is 1. The summed E-state index contributed by atoms with van der Waals surface area (Å²) in [4.78, 5) is 25.8. The van der Waals surface area contributed by atoms with Crippen LogP contribution in [0.2, 0.25) is 0 Å². The van der Waals surface area contributed by atoms with Crippen molar-refractivity contribution in [3.05, 3.63) is 12.0 Å². The van der Waals surface area contributed by atoms with E-state index in [1.165, 1.54) is 0 Å². The normalized spacial score (nSPS) is 12.1. The molecule has 0 aliphatic rings. The molecular formula is C11H14F3N3O4. The van der Waals surface area contributed by atoms with Crippen LogP contribution in [0, 0.1) is 0 Å². The van der Waals surface area contributed by atoms with Gasteiger partial charge >= 0.3 is 18.2 Å². The highest BCUT2D eigenvalue weighted by Gasteiger charge is 2.31. The van der Waals surface area contributed by atoms with E-state index < -0.39 is 41.9 Å². The highest BCUT2D eigenvalue weighted by atomic mass is 19.4. The minimum absolute atomic E-state index is 0.480. The molecule has 0 atom stereocenters. The third-order valence-electron chi connectivity index (χ3n) is 2.01. The second kappa shape index (κ2) is 5.62. The van der Waals surface area contributed by atoms with Gasteiger partial charge < -0.3 is 14.4 Å². The number of alkyl halides is 3. The number of aromatic nitrogens is 2. The number of carbonyl (C=O) groups is 2. The smallest absolute Gasteiger partial charge is 0.413 e. The Morgan fingerprint density at radius 2 is 1.95 bits per heavy atom. The number of halogens is 3. The van der Waals surface area contributed by atoms with Gasteiger partial charge in [-0.25, -0.2) is 14.6 Å². The zero-order valence-corrected chi connectivity index (χ0v) is 11.5. The molecule has 0 aliphatic carbocycles. The van der Waals surface area contributed by atoms with Crippen molar-refractivity contribution in [2.24, 2.45) is 0 Å². The van der Waals surface area contributed by atoms with Crippen molar-refractivity contribution < 1.29 is 32.6 Å². The maximum atomic E-state index is 12.4. The fourth-order valence-electron chi connectivity index (χ4n) is 1.38. The van der Waals surface area contributed by atoms with Crippen LogP contribution in [0.25, 0.3) is 0 Å². The van der Waals surface area contributed by atoms with Crippen molar-refractivity contribution in [3.63, 3.8) is 0 Å². The van der Waals surface area contributed by atoms with E-state index in [1.54, 1.807) is 20.8 Å². The Morgan fingerprint density at radius 3 is 2.38 bits per heavy atom. The predicted octanol–water partition coefficient (Wildman–Crippen LogP) is 2.49. The lowest BCUT2D eigenvalue weighted by Crippen LogP contribution is -2.29. The Hall–Kier alpha value is -2.26. The number of aromatic carboxylic acids is 1. The third-order valence-corrected chi connectivity index (χ3v) is 2.01. The maximum absolute atomic E-state index is 12.4. The van der Waals surface area contributed by atoms with E-state index in [9.17, 15) is 22.8 Å². The molecule has 1 heterocycles. The van der Waals surface area contributed by atoms with Crippen molar-refractivity contribution >= 4 is 17.9 Å². The fraction of sp³-hybridized carbons (Fsp3) is 0.545. The van der Waals surface area contributed by atoms with Crippen molar-refractivity contribution in [2.75, 3.05) is 5.32 Å². The highest BCUT2D eigenvalue weighted by molar-refractivity contribution is 5.96. The molecule has 1 aromatic heterocycles. The van der Waals surface area contributed by atoms with Crippen LogP contribution in [0.15, 0.2) is 6.33 Å². The highest BCUT2D eigenvalue weighted by Crippen LogP contribution is 2.23. The first-order chi connectivity index (χ1) is 9.39. The molecule has 118 valence electrons. The van der Waals surface area contributed by atoms with Crippen LogP contribution >= 0.6 is 0 Å². The lowest BCUT2D eigenvalue weighted by Gasteiger charge is -2.20. The van der Waals surface area contributed by atoms with Crippen molar-refractivity contribution in [1.82, 2.24) is 9.55 Å². The van der Waals surface area contributed by atoms with E-state index >= 15 is 0 Å². The first kappa shape index (κ1) is 16.8. The molecule has 2 N–H and O–H groups in total. The van der Waals surface area contributed by atoms with Crippen molar-refractivity contribution in [2.45, 2.75) is 39.1 Å². The largest absolute Gasteiger partial charge is 0.476 e. The molecule has 1 amide bonds. The Balaban J connectivity index is 3.04. The van der Waals surface area contributed by atoms with Gasteiger partial charge in [-0.2, -0.15) is 13.2 Å². The molecule has 0 fully saturated rings. The first-order valence-electron chi connectivity index (χ1n) is 5.74. The fourth-order valence-corrected chi connectivity index (χ4v) is 1.38. The Labute approximate surface area is 117 Å². The molecule has 0 aliphatic heterocycles. The topological polar surface area (TPSA) is 93.4 Å². The van der Waals surface area contributed by atoms with Gasteiger partial charge in [0.15, 0.2) is 11.5 Å². The lowest BCUT2D eigenvalue weighted by molar-refractivity contribution is -0.140. The van der Waals surface area contributed by atoms with Gasteiger partial charge in [0.25, 0.3) is 0 Å². The second-order valence-electron chi connectivity index (χ2n) is 5.12. The molecular weight excluding hydrogens is 295 g/mol. The van der Waals surface area contributed by atoms with E-state index in [4.69, 9.17) is 9.84 Å². The number of anilines is 1. The minimum Gasteiger partial charge on any atom is -0.476 e. The van der Waals surface area contributed by atoms with Crippen LogP contribution in [0.5, 0.6) is 0 Å². The number of nitrogens with one attached hydrogen (secondary N) is 1. The Bertz CT molecular complexity index is 546. The number of hydrogen-bond acceptors (Lipinski definition) is 4. The molecule has 0 spiro atoms. The average Bonchev–Trinajstić information content (AvgIpc) is 2.55. The summed E-state index contributed by atoms with van der Waals surface area (Å²) in [7, 11) is 0. The molecule has 0 bridgehead atoms. The summed E-state index contributed by atoms with van der Waals surface area (Å²) in [6.07, 6.45) is -4.99. The summed E-state index contributed by atoms with van der Waals surface area (Å²) < 4.78 is 42.5. The number of nitrogens with zero attached hydrogens (tertiary/aromatic N) is 2. The molecule has 1 rings (SSSR count). The van der Waals surface area contributed by atoms with E-state index in [0.717, 1.165) is 0 Å². The zero-order chi connectivity index (χ0) is 16.4. The van der Waals surface area contributed by atoms with Crippen molar-refractivity contribution in [3.8, 4) is 0 Å². The first-order valence-corrected chi connectivity index (χ1v) is 5.74. The number of amides is 1. The third kappa shape index (κ3) is 5.32. The van der Waals surface area contributed by atoms with Gasteiger partial charge in [0.05, 0.1) is 6.33 Å². The molecule has 1 aromatic rings. The van der Waals surface area contributed by atoms with Crippen LogP contribution in [-0.2, 0) is 11.3 Å². The number of hydrogen-bond donors (Lipinski definition) is 2. The van der Waals surface area contributed by atoms with Crippen LogP contribution in [0.1, 0.15) is 31.3 Å². The quantitative estimate of drug-likeness (QED) is 0.894. The van der Waals surface area contributed by atoms with Gasteiger partial charge in [-0.05, 0) is 20.8 Å². The molecule has 0 radical (unpaired) electrons. The second-order valence-corrected chi connectivity index (χ2v) is 5.12. The SMILES string of the molecule is CC(C)(C)OC(=O)Nc1c(C(=O)O)ncn1CC(F)(F)F. The summed E-state index contributed by atoms with van der Waals surface area (Å²) >= 11 is 0. The summed E-state index contributed by atoms with van der Waals surface area (Å²) in [6, 6.07) is 0. The van der Waals surface area contributed by atoms with Gasteiger partial charge in [-0.15, -0.1) is 0 Å². The number of rotatable bonds is 3. The van der Waals surface area contributed by atoms with Gasteiger partial charge in [-0.1, -0.05) is 0 Å². The molecule has 0 saturated heterocycles. The summed E-state index contributed by atoms with van der Waals surface area (Å²) in [6.45, 7) is 3.17. The molecule has 0 saturated carbocycles. The molecule has 21 heavy (non-hydrogen) atoms. The van der Waals surface area contributed by atoms with Crippen LogP contribution in [0.4, 0.5) is 23.8 Å². The van der Waals surface area contributed by atoms with E-state index in [2.05, 4.69) is 4.98 Å². The molecule has 0 aromatic carbocycles. The van der Waals surface area contributed by atoms with Gasteiger partial charge in [0.2, 0.25) is 0 Å². The zero-order valence-electron chi connectivity index (χ0n) is 11.5. The van der Waals surface area contributed by atoms with E-state index in [1.807, 2.05) is 5.32 Å². The molecule has 10 heteroatoms. The molecule has 7 nitrogen and oxygen atoms in total. The summed E-state index contributed by atoms with van der Waals surface area (Å²) in [5.41, 5.74) is -1.59. The number of imidazole rings is 1. The van der Waals surface area contributed by atoms with Crippen LogP contribution in [-0.4, -0.2) is 38.5 Å². The Morgan fingerprint density at radius 1 is 1.38 bits per heavy atom. The number of ether oxygens (including phenoxy) is 1. The minimum atomic E-state index is -4.60. The van der Waals surface area contributed by atoms with Gasteiger partial charge in [0, 0.05) is 0 Å². The number of carboxylic acid groups (broad SMARTS) is 1. The predicted molar refractivity (Wildman–Crippen MR) is 65.1 cm³/mol. The summed E-state index contributed by atoms with van der Waals surface area (Å²) in [5, 5.41) is 10.9. The summed E-state index contributed by atoms with van der Waals surface area (Å²) in [5.74, 6) is -2.16.